The van der Waals surface area contributed by atoms with Gasteiger partial charge in [0.1, 0.15) is 5.25 Å². The molecular formula is C13H19NO2S. The third-order valence-electron chi connectivity index (χ3n) is 2.24. The summed E-state index contributed by atoms with van der Waals surface area (Å²) >= 11 is 1.59. The number of hydrogen-bond donors (Lipinski definition) is 1. The molecule has 0 aliphatic heterocycles. The monoisotopic (exact) mass is 253 g/mol. The van der Waals surface area contributed by atoms with Crippen molar-refractivity contribution in [1.29, 1.82) is 0 Å². The minimum Gasteiger partial charge on any atom is -0.465 e. The Hall–Kier alpha value is -1.00. The molecule has 0 aromatic heterocycles. The van der Waals surface area contributed by atoms with Crippen LogP contribution in [0.15, 0.2) is 30.3 Å². The second-order valence-corrected chi connectivity index (χ2v) is 4.77. The van der Waals surface area contributed by atoms with E-state index in [0.29, 0.717) is 13.2 Å². The molecule has 0 saturated heterocycles. The van der Waals surface area contributed by atoms with E-state index in [2.05, 4.69) is 0 Å². The van der Waals surface area contributed by atoms with Gasteiger partial charge >= 0.3 is 5.97 Å². The molecule has 0 saturated carbocycles. The molecule has 0 bridgehead atoms. The van der Waals surface area contributed by atoms with Gasteiger partial charge in [-0.15, -0.1) is 11.8 Å². The lowest BCUT2D eigenvalue weighted by Gasteiger charge is -2.15. The van der Waals surface area contributed by atoms with E-state index in [1.54, 1.807) is 11.8 Å². The summed E-state index contributed by atoms with van der Waals surface area (Å²) in [6.45, 7) is 2.89. The highest BCUT2D eigenvalue weighted by molar-refractivity contribution is 8.00. The van der Waals surface area contributed by atoms with Gasteiger partial charge in [-0.05, 0) is 31.2 Å². The van der Waals surface area contributed by atoms with E-state index in [-0.39, 0.29) is 11.2 Å². The van der Waals surface area contributed by atoms with Gasteiger partial charge in [0.15, 0.2) is 0 Å². The summed E-state index contributed by atoms with van der Waals surface area (Å²) in [4.78, 5) is 11.9. The number of ether oxygens (including phenoxy) is 1. The Bertz CT molecular complexity index is 329. The highest BCUT2D eigenvalue weighted by Gasteiger charge is 2.21. The molecule has 0 amide bonds. The van der Waals surface area contributed by atoms with Gasteiger partial charge in [0.2, 0.25) is 0 Å². The van der Waals surface area contributed by atoms with Gasteiger partial charge in [0.05, 0.1) is 6.61 Å². The lowest BCUT2D eigenvalue weighted by atomic mass is 10.1. The summed E-state index contributed by atoms with van der Waals surface area (Å²) in [5, 5.41) is -0.234. The third kappa shape index (κ3) is 4.79. The molecular weight excluding hydrogens is 234 g/mol. The van der Waals surface area contributed by atoms with Crippen molar-refractivity contribution in [3.63, 3.8) is 0 Å². The van der Waals surface area contributed by atoms with Crippen molar-refractivity contribution >= 4 is 17.7 Å². The number of carbonyl (C=O) groups is 1. The molecule has 0 aliphatic carbocycles. The standard InChI is InChI=1S/C13H19NO2S/c1-2-16-13(15)12(17-10-6-9-14)11-7-4-3-5-8-11/h3-5,7-8,12H,2,6,9-10,14H2,1H3. The predicted octanol–water partition coefficient (Wildman–Crippen LogP) is 2.37. The first kappa shape index (κ1) is 14.1. The van der Waals surface area contributed by atoms with E-state index in [0.717, 1.165) is 17.7 Å². The molecule has 3 nitrogen and oxygen atoms in total. The molecule has 1 unspecified atom stereocenters. The highest BCUT2D eigenvalue weighted by Crippen LogP contribution is 2.30. The molecule has 94 valence electrons. The average Bonchev–Trinajstić information content (AvgIpc) is 2.36. The largest absolute Gasteiger partial charge is 0.465 e. The van der Waals surface area contributed by atoms with E-state index >= 15 is 0 Å². The number of nitrogens with two attached hydrogens (primary N) is 1. The number of benzene rings is 1. The average molecular weight is 253 g/mol. The molecule has 17 heavy (non-hydrogen) atoms. The second-order valence-electron chi connectivity index (χ2n) is 3.56. The summed E-state index contributed by atoms with van der Waals surface area (Å²) < 4.78 is 5.10. The molecule has 1 rings (SSSR count). The Morgan fingerprint density at radius 2 is 2.12 bits per heavy atom. The Labute approximate surface area is 107 Å². The van der Waals surface area contributed by atoms with Gasteiger partial charge in [0.25, 0.3) is 0 Å². The molecule has 0 spiro atoms. The smallest absolute Gasteiger partial charge is 0.323 e. The zero-order valence-electron chi connectivity index (χ0n) is 10.1. The third-order valence-corrected chi connectivity index (χ3v) is 3.56. The maximum Gasteiger partial charge on any atom is 0.323 e. The predicted molar refractivity (Wildman–Crippen MR) is 71.9 cm³/mol. The van der Waals surface area contributed by atoms with Crippen molar-refractivity contribution in [2.24, 2.45) is 5.73 Å². The van der Waals surface area contributed by atoms with Crippen LogP contribution in [0.3, 0.4) is 0 Å². The number of rotatable bonds is 7. The van der Waals surface area contributed by atoms with Crippen LogP contribution in [0.5, 0.6) is 0 Å². The fourth-order valence-electron chi connectivity index (χ4n) is 1.43. The lowest BCUT2D eigenvalue weighted by Crippen LogP contribution is -2.14. The van der Waals surface area contributed by atoms with Crippen molar-refractivity contribution in [3.05, 3.63) is 35.9 Å². The Balaban J connectivity index is 2.68. The van der Waals surface area contributed by atoms with Crippen LogP contribution < -0.4 is 5.73 Å². The maximum atomic E-state index is 11.9. The zero-order valence-corrected chi connectivity index (χ0v) is 10.9. The van der Waals surface area contributed by atoms with Crippen molar-refractivity contribution in [2.45, 2.75) is 18.6 Å². The quantitative estimate of drug-likeness (QED) is 0.599. The van der Waals surface area contributed by atoms with Gasteiger partial charge in [-0.1, -0.05) is 30.3 Å². The number of hydrogen-bond acceptors (Lipinski definition) is 4. The van der Waals surface area contributed by atoms with Gasteiger partial charge in [0, 0.05) is 0 Å². The van der Waals surface area contributed by atoms with Gasteiger partial charge in [-0.25, -0.2) is 0 Å². The second kappa shape index (κ2) is 8.14. The Morgan fingerprint density at radius 3 is 2.71 bits per heavy atom. The van der Waals surface area contributed by atoms with Crippen molar-refractivity contribution in [1.82, 2.24) is 0 Å². The van der Waals surface area contributed by atoms with E-state index in [1.165, 1.54) is 0 Å². The first-order valence-electron chi connectivity index (χ1n) is 5.82. The topological polar surface area (TPSA) is 52.3 Å². The van der Waals surface area contributed by atoms with Gasteiger partial charge in [-0.2, -0.15) is 0 Å². The summed E-state index contributed by atoms with van der Waals surface area (Å²) in [7, 11) is 0. The molecule has 0 heterocycles. The van der Waals surface area contributed by atoms with Crippen molar-refractivity contribution in [3.8, 4) is 0 Å². The van der Waals surface area contributed by atoms with Crippen LogP contribution in [0.2, 0.25) is 0 Å². The van der Waals surface area contributed by atoms with E-state index < -0.39 is 0 Å². The van der Waals surface area contributed by atoms with Crippen LogP contribution in [0.1, 0.15) is 24.2 Å². The van der Waals surface area contributed by atoms with Crippen LogP contribution in [0.25, 0.3) is 0 Å². The van der Waals surface area contributed by atoms with Crippen LogP contribution in [0, 0.1) is 0 Å². The Kier molecular flexibility index (Phi) is 6.74. The van der Waals surface area contributed by atoms with Crippen LogP contribution in [-0.2, 0) is 9.53 Å². The highest BCUT2D eigenvalue weighted by atomic mass is 32.2. The first-order chi connectivity index (χ1) is 8.29. The molecule has 0 fully saturated rings. The van der Waals surface area contributed by atoms with Crippen LogP contribution in [-0.4, -0.2) is 24.9 Å². The van der Waals surface area contributed by atoms with Crippen LogP contribution in [0.4, 0.5) is 0 Å². The summed E-state index contributed by atoms with van der Waals surface area (Å²) in [5.74, 6) is 0.704. The van der Waals surface area contributed by atoms with Crippen molar-refractivity contribution < 1.29 is 9.53 Å². The molecule has 2 N–H and O–H groups in total. The van der Waals surface area contributed by atoms with Crippen molar-refractivity contribution in [2.75, 3.05) is 18.9 Å². The minimum absolute atomic E-state index is 0.166. The van der Waals surface area contributed by atoms with Gasteiger partial charge in [-0.3, -0.25) is 4.79 Å². The normalized spacial score (nSPS) is 12.1. The lowest BCUT2D eigenvalue weighted by molar-refractivity contribution is -0.142. The van der Waals surface area contributed by atoms with E-state index in [9.17, 15) is 4.79 Å². The summed E-state index contributed by atoms with van der Waals surface area (Å²) in [5.41, 5.74) is 6.45. The molecule has 4 heteroatoms. The summed E-state index contributed by atoms with van der Waals surface area (Å²) in [6.07, 6.45) is 0.910. The molecule has 1 atom stereocenters. The fourth-order valence-corrected chi connectivity index (χ4v) is 2.55. The number of esters is 1. The molecule has 1 aromatic carbocycles. The molecule has 0 aliphatic rings. The zero-order chi connectivity index (χ0) is 12.5. The first-order valence-corrected chi connectivity index (χ1v) is 6.87. The molecule has 0 radical (unpaired) electrons. The van der Waals surface area contributed by atoms with Crippen LogP contribution >= 0.6 is 11.8 Å². The minimum atomic E-state index is -0.234. The van der Waals surface area contributed by atoms with E-state index in [4.69, 9.17) is 10.5 Å². The number of carbonyl (C=O) groups excluding carboxylic acids is 1. The number of thioether (sulfide) groups is 1. The van der Waals surface area contributed by atoms with Gasteiger partial charge < -0.3 is 10.5 Å². The fraction of sp³-hybridized carbons (Fsp3) is 0.462. The van der Waals surface area contributed by atoms with E-state index in [1.807, 2.05) is 37.3 Å². The Morgan fingerprint density at radius 1 is 1.41 bits per heavy atom. The summed E-state index contributed by atoms with van der Waals surface area (Å²) in [6, 6.07) is 9.72. The maximum absolute atomic E-state index is 11.9. The SMILES string of the molecule is CCOC(=O)C(SCCCN)c1ccccc1. The molecule has 1 aromatic rings.